The number of para-hydroxylation sites is 1. The molecule has 1 saturated heterocycles. The number of ether oxygens (including phenoxy) is 1. The van der Waals surface area contributed by atoms with Gasteiger partial charge in [-0.1, -0.05) is 18.2 Å². The number of nitrogens with zero attached hydrogens (tertiary/aromatic N) is 2. The van der Waals surface area contributed by atoms with Crippen LogP contribution in [0.15, 0.2) is 36.5 Å². The molecule has 0 aliphatic carbocycles. The van der Waals surface area contributed by atoms with Gasteiger partial charge >= 0.3 is 0 Å². The molecule has 1 aliphatic rings. The van der Waals surface area contributed by atoms with Crippen molar-refractivity contribution in [2.24, 2.45) is 5.92 Å². The number of hydrogen-bond acceptors (Lipinski definition) is 3. The zero-order valence-corrected chi connectivity index (χ0v) is 11.6. The molecule has 0 N–H and O–H groups in total. The first-order valence-corrected chi connectivity index (χ1v) is 6.90. The van der Waals surface area contributed by atoms with Crippen LogP contribution < -0.4 is 0 Å². The third-order valence-electron chi connectivity index (χ3n) is 3.72. The van der Waals surface area contributed by atoms with E-state index in [4.69, 9.17) is 4.74 Å². The van der Waals surface area contributed by atoms with Crippen LogP contribution in [0.5, 0.6) is 0 Å². The molecule has 3 rings (SSSR count). The van der Waals surface area contributed by atoms with E-state index in [0.717, 1.165) is 22.9 Å². The zero-order chi connectivity index (χ0) is 13.9. The fraction of sp³-hybridized carbons (Fsp3) is 0.375. The molecule has 2 heterocycles. The number of benzene rings is 1. The van der Waals surface area contributed by atoms with Crippen molar-refractivity contribution >= 4 is 16.8 Å². The molecular formula is C16H18N2O2. The van der Waals surface area contributed by atoms with Gasteiger partial charge in [-0.2, -0.15) is 0 Å². The summed E-state index contributed by atoms with van der Waals surface area (Å²) in [5, 5.41) is 1.11. The molecule has 0 spiro atoms. The van der Waals surface area contributed by atoms with Crippen molar-refractivity contribution in [1.82, 2.24) is 9.88 Å². The number of fused-ring (bicyclic) bond motifs is 1. The van der Waals surface area contributed by atoms with Gasteiger partial charge in [0.15, 0.2) is 0 Å². The molecule has 2 aromatic rings. The summed E-state index contributed by atoms with van der Waals surface area (Å²) in [4.78, 5) is 18.4. The van der Waals surface area contributed by atoms with Gasteiger partial charge in [0, 0.05) is 31.8 Å². The minimum Gasteiger partial charge on any atom is -0.381 e. The number of rotatable bonds is 3. The van der Waals surface area contributed by atoms with Crippen molar-refractivity contribution in [3.05, 3.63) is 42.1 Å². The first kappa shape index (κ1) is 13.1. The average molecular weight is 270 g/mol. The molecule has 1 aromatic carbocycles. The highest BCUT2D eigenvalue weighted by Crippen LogP contribution is 2.18. The molecular weight excluding hydrogens is 252 g/mol. The Morgan fingerprint density at radius 3 is 3.10 bits per heavy atom. The maximum absolute atomic E-state index is 12.2. The van der Waals surface area contributed by atoms with Gasteiger partial charge in [0.2, 0.25) is 5.91 Å². The fourth-order valence-corrected chi connectivity index (χ4v) is 2.60. The van der Waals surface area contributed by atoms with E-state index in [1.54, 1.807) is 4.90 Å². The Hall–Kier alpha value is -1.94. The van der Waals surface area contributed by atoms with Crippen LogP contribution in [0, 0.1) is 5.92 Å². The first-order valence-electron chi connectivity index (χ1n) is 6.90. The van der Waals surface area contributed by atoms with Crippen LogP contribution >= 0.6 is 0 Å². The summed E-state index contributed by atoms with van der Waals surface area (Å²) in [5.41, 5.74) is 2.04. The molecule has 0 radical (unpaired) electrons. The van der Waals surface area contributed by atoms with E-state index in [-0.39, 0.29) is 11.8 Å². The second-order valence-corrected chi connectivity index (χ2v) is 5.29. The maximum Gasteiger partial charge on any atom is 0.228 e. The number of hydrogen-bond donors (Lipinski definition) is 0. The molecule has 4 heteroatoms. The summed E-state index contributed by atoms with van der Waals surface area (Å²) < 4.78 is 5.28. The Morgan fingerprint density at radius 1 is 1.45 bits per heavy atom. The highest BCUT2D eigenvalue weighted by molar-refractivity contribution is 5.80. The largest absolute Gasteiger partial charge is 0.381 e. The average Bonchev–Trinajstić information content (AvgIpc) is 3.00. The molecule has 1 aromatic heterocycles. The normalized spacial score (nSPS) is 18.4. The van der Waals surface area contributed by atoms with Crippen molar-refractivity contribution in [2.45, 2.75) is 13.0 Å². The van der Waals surface area contributed by atoms with Crippen LogP contribution in [0.2, 0.25) is 0 Å². The summed E-state index contributed by atoms with van der Waals surface area (Å²) in [6.07, 6.45) is 2.68. The van der Waals surface area contributed by atoms with Crippen LogP contribution in [-0.2, 0) is 16.1 Å². The number of aromatic nitrogens is 1. The standard InChI is InChI=1S/C16H18N2O2/c1-18(16(19)14-6-7-20-11-14)10-12-8-13-4-2-3-5-15(13)17-9-12/h2-5,8-9,14H,6-7,10-11H2,1H3. The lowest BCUT2D eigenvalue weighted by molar-refractivity contribution is -0.134. The number of carbonyl (C=O) groups is 1. The molecule has 1 amide bonds. The van der Waals surface area contributed by atoms with Gasteiger partial charge in [-0.05, 0) is 24.1 Å². The van der Waals surface area contributed by atoms with Gasteiger partial charge in [-0.25, -0.2) is 0 Å². The maximum atomic E-state index is 12.2. The molecule has 1 aliphatic heterocycles. The molecule has 1 atom stereocenters. The van der Waals surface area contributed by atoms with Crippen LogP contribution in [0.1, 0.15) is 12.0 Å². The molecule has 0 saturated carbocycles. The van der Waals surface area contributed by atoms with Gasteiger partial charge in [-0.15, -0.1) is 0 Å². The predicted octanol–water partition coefficient (Wildman–Crippen LogP) is 2.23. The molecule has 4 nitrogen and oxygen atoms in total. The summed E-state index contributed by atoms with van der Waals surface area (Å²) in [7, 11) is 1.84. The highest BCUT2D eigenvalue weighted by Gasteiger charge is 2.26. The van der Waals surface area contributed by atoms with Crippen molar-refractivity contribution in [1.29, 1.82) is 0 Å². The number of amides is 1. The van der Waals surface area contributed by atoms with E-state index in [9.17, 15) is 4.79 Å². The first-order chi connectivity index (χ1) is 9.74. The number of carbonyl (C=O) groups excluding carboxylic acids is 1. The number of pyridine rings is 1. The Morgan fingerprint density at radius 2 is 2.30 bits per heavy atom. The fourth-order valence-electron chi connectivity index (χ4n) is 2.60. The van der Waals surface area contributed by atoms with Crippen LogP contribution in [0.4, 0.5) is 0 Å². The van der Waals surface area contributed by atoms with Crippen molar-refractivity contribution in [3.8, 4) is 0 Å². The Kier molecular flexibility index (Phi) is 3.65. The molecule has 0 bridgehead atoms. The smallest absolute Gasteiger partial charge is 0.228 e. The van der Waals surface area contributed by atoms with Crippen LogP contribution in [-0.4, -0.2) is 36.1 Å². The van der Waals surface area contributed by atoms with Gasteiger partial charge in [0.1, 0.15) is 0 Å². The highest BCUT2D eigenvalue weighted by atomic mass is 16.5. The van der Waals surface area contributed by atoms with Gasteiger partial charge < -0.3 is 9.64 Å². The van der Waals surface area contributed by atoms with Crippen molar-refractivity contribution in [2.75, 3.05) is 20.3 Å². The van der Waals surface area contributed by atoms with Crippen molar-refractivity contribution in [3.63, 3.8) is 0 Å². The van der Waals surface area contributed by atoms with Crippen LogP contribution in [0.3, 0.4) is 0 Å². The summed E-state index contributed by atoms with van der Waals surface area (Å²) >= 11 is 0. The molecule has 20 heavy (non-hydrogen) atoms. The van der Waals surface area contributed by atoms with E-state index in [1.807, 2.05) is 37.5 Å². The van der Waals surface area contributed by atoms with E-state index < -0.39 is 0 Å². The molecule has 104 valence electrons. The quantitative estimate of drug-likeness (QED) is 0.859. The van der Waals surface area contributed by atoms with E-state index >= 15 is 0 Å². The van der Waals surface area contributed by atoms with E-state index in [1.165, 1.54) is 0 Å². The van der Waals surface area contributed by atoms with Crippen LogP contribution in [0.25, 0.3) is 10.9 Å². The van der Waals surface area contributed by atoms with E-state index in [0.29, 0.717) is 19.8 Å². The SMILES string of the molecule is CN(Cc1cnc2ccccc2c1)C(=O)C1CCOC1. The summed E-state index contributed by atoms with van der Waals surface area (Å²) in [5.74, 6) is 0.184. The Balaban J connectivity index is 1.73. The predicted molar refractivity (Wildman–Crippen MR) is 77.1 cm³/mol. The lowest BCUT2D eigenvalue weighted by Gasteiger charge is -2.20. The van der Waals surface area contributed by atoms with Gasteiger partial charge in [-0.3, -0.25) is 9.78 Å². The van der Waals surface area contributed by atoms with Crippen molar-refractivity contribution < 1.29 is 9.53 Å². The lowest BCUT2D eigenvalue weighted by Crippen LogP contribution is -2.32. The third kappa shape index (κ3) is 2.65. The van der Waals surface area contributed by atoms with Gasteiger partial charge in [0.25, 0.3) is 0 Å². The minimum atomic E-state index is 0.0217. The van der Waals surface area contributed by atoms with Gasteiger partial charge in [0.05, 0.1) is 18.0 Å². The Labute approximate surface area is 118 Å². The minimum absolute atomic E-state index is 0.0217. The zero-order valence-electron chi connectivity index (χ0n) is 11.6. The third-order valence-corrected chi connectivity index (χ3v) is 3.72. The molecule has 1 fully saturated rings. The monoisotopic (exact) mass is 270 g/mol. The second kappa shape index (κ2) is 5.59. The molecule has 1 unspecified atom stereocenters. The summed E-state index contributed by atoms with van der Waals surface area (Å²) in [6.45, 7) is 1.84. The Bertz CT molecular complexity index is 621. The summed E-state index contributed by atoms with van der Waals surface area (Å²) in [6, 6.07) is 10.1. The second-order valence-electron chi connectivity index (χ2n) is 5.29. The topological polar surface area (TPSA) is 42.4 Å². The lowest BCUT2D eigenvalue weighted by atomic mass is 10.1. The van der Waals surface area contributed by atoms with E-state index in [2.05, 4.69) is 11.1 Å².